The lowest BCUT2D eigenvalue weighted by Crippen LogP contribution is -2.49. The fourth-order valence-electron chi connectivity index (χ4n) is 2.95. The van der Waals surface area contributed by atoms with Crippen molar-refractivity contribution in [2.45, 2.75) is 38.8 Å². The molecular formula is C20H26F3N2O2S. The molecule has 0 unspecified atom stereocenters. The lowest BCUT2D eigenvalue weighted by atomic mass is 10.2. The van der Waals surface area contributed by atoms with Gasteiger partial charge in [-0.15, -0.1) is 5.92 Å². The Balaban J connectivity index is 1.82. The van der Waals surface area contributed by atoms with Crippen LogP contribution in [0.15, 0.2) is 24.3 Å². The Morgan fingerprint density at radius 3 is 2.29 bits per heavy atom. The van der Waals surface area contributed by atoms with Gasteiger partial charge in [0.2, 0.25) is 10.0 Å². The molecule has 155 valence electrons. The topological polar surface area (TPSA) is 40.6 Å². The Morgan fingerprint density at radius 1 is 1.07 bits per heavy atom. The van der Waals surface area contributed by atoms with Gasteiger partial charge in [-0.2, -0.15) is 17.5 Å². The summed E-state index contributed by atoms with van der Waals surface area (Å²) in [5.74, 6) is 5.65. The Kier molecular flexibility index (Phi) is 8.20. The van der Waals surface area contributed by atoms with Gasteiger partial charge in [0.1, 0.15) is 0 Å². The van der Waals surface area contributed by atoms with Crippen molar-refractivity contribution < 1.29 is 21.6 Å². The maximum atomic E-state index is 12.6. The summed E-state index contributed by atoms with van der Waals surface area (Å²) in [6, 6.07) is 4.95. The number of hydrogen-bond donors (Lipinski definition) is 0. The highest BCUT2D eigenvalue weighted by molar-refractivity contribution is 7.89. The molecule has 1 radical (unpaired) electrons. The first-order valence-electron chi connectivity index (χ1n) is 9.44. The van der Waals surface area contributed by atoms with Gasteiger partial charge in [-0.25, -0.2) is 8.42 Å². The third-order valence-corrected chi connectivity index (χ3v) is 6.34. The zero-order valence-electron chi connectivity index (χ0n) is 16.0. The quantitative estimate of drug-likeness (QED) is 0.500. The molecule has 2 rings (SSSR count). The molecule has 1 aliphatic heterocycles. The Hall–Kier alpha value is -1.72. The number of rotatable bonds is 7. The van der Waals surface area contributed by atoms with Gasteiger partial charge >= 0.3 is 6.18 Å². The molecule has 8 heteroatoms. The van der Waals surface area contributed by atoms with E-state index < -0.39 is 21.8 Å². The zero-order chi connectivity index (χ0) is 20.6. The molecule has 1 aromatic carbocycles. The van der Waals surface area contributed by atoms with Gasteiger partial charge in [0.15, 0.2) is 0 Å². The van der Waals surface area contributed by atoms with Crippen LogP contribution in [-0.4, -0.2) is 44.7 Å². The highest BCUT2D eigenvalue weighted by Crippen LogP contribution is 2.30. The van der Waals surface area contributed by atoms with Crippen LogP contribution < -0.4 is 4.90 Å². The number of halogens is 3. The molecule has 0 amide bonds. The second kappa shape index (κ2) is 10.2. The summed E-state index contributed by atoms with van der Waals surface area (Å²) in [7, 11) is -3.41. The summed E-state index contributed by atoms with van der Waals surface area (Å²) < 4.78 is 64.2. The van der Waals surface area contributed by atoms with Gasteiger partial charge in [0, 0.05) is 38.3 Å². The van der Waals surface area contributed by atoms with Crippen LogP contribution in [0.5, 0.6) is 0 Å². The summed E-state index contributed by atoms with van der Waals surface area (Å²) in [5.41, 5.74) is -0.0293. The second-order valence-electron chi connectivity index (χ2n) is 6.69. The molecule has 0 N–H and O–H groups in total. The third kappa shape index (κ3) is 6.71. The van der Waals surface area contributed by atoms with Crippen molar-refractivity contribution in [2.24, 2.45) is 0 Å². The molecule has 1 heterocycles. The van der Waals surface area contributed by atoms with E-state index in [1.54, 1.807) is 0 Å². The van der Waals surface area contributed by atoms with Crippen molar-refractivity contribution in [3.8, 4) is 11.8 Å². The SMILES string of the molecule is CCCCCC#C[CH]CS(=O)(=O)N1CCN(c2ccc(C(F)(F)F)cc2)CC1. The molecule has 0 aromatic heterocycles. The summed E-state index contributed by atoms with van der Waals surface area (Å²) in [5, 5.41) is 0. The van der Waals surface area contributed by atoms with Crippen molar-refractivity contribution in [2.75, 3.05) is 36.8 Å². The van der Waals surface area contributed by atoms with E-state index in [-0.39, 0.29) is 5.75 Å². The summed E-state index contributed by atoms with van der Waals surface area (Å²) in [6.07, 6.45) is 1.17. The largest absolute Gasteiger partial charge is 0.416 e. The lowest BCUT2D eigenvalue weighted by molar-refractivity contribution is -0.137. The van der Waals surface area contributed by atoms with Gasteiger partial charge in [0.05, 0.1) is 17.7 Å². The monoisotopic (exact) mass is 415 g/mol. The average Bonchev–Trinajstić information content (AvgIpc) is 2.67. The molecule has 0 saturated carbocycles. The molecule has 0 aliphatic carbocycles. The van der Waals surface area contributed by atoms with Gasteiger partial charge < -0.3 is 4.90 Å². The van der Waals surface area contributed by atoms with E-state index in [0.29, 0.717) is 31.9 Å². The number of benzene rings is 1. The molecule has 1 fully saturated rings. The minimum absolute atomic E-state index is 0.117. The maximum absolute atomic E-state index is 12.6. The summed E-state index contributed by atoms with van der Waals surface area (Å²) >= 11 is 0. The Bertz CT molecular complexity index is 772. The van der Waals surface area contributed by atoms with Gasteiger partial charge in [-0.3, -0.25) is 0 Å². The molecule has 1 aromatic rings. The van der Waals surface area contributed by atoms with E-state index in [9.17, 15) is 21.6 Å². The number of hydrogen-bond acceptors (Lipinski definition) is 3. The van der Waals surface area contributed by atoms with Crippen molar-refractivity contribution in [3.63, 3.8) is 0 Å². The first-order valence-corrected chi connectivity index (χ1v) is 11.0. The van der Waals surface area contributed by atoms with E-state index in [4.69, 9.17) is 0 Å². The molecule has 4 nitrogen and oxygen atoms in total. The number of alkyl halides is 3. The van der Waals surface area contributed by atoms with E-state index in [1.165, 1.54) is 22.9 Å². The van der Waals surface area contributed by atoms with E-state index in [0.717, 1.165) is 37.8 Å². The first kappa shape index (κ1) is 22.6. The second-order valence-corrected chi connectivity index (χ2v) is 8.71. The van der Waals surface area contributed by atoms with Crippen molar-refractivity contribution in [3.05, 3.63) is 36.2 Å². The first-order chi connectivity index (χ1) is 13.2. The van der Waals surface area contributed by atoms with Gasteiger partial charge in [-0.1, -0.05) is 25.7 Å². The minimum Gasteiger partial charge on any atom is -0.369 e. The highest BCUT2D eigenvalue weighted by atomic mass is 32.2. The fourth-order valence-corrected chi connectivity index (χ4v) is 4.17. The van der Waals surface area contributed by atoms with Crippen LogP contribution >= 0.6 is 0 Å². The average molecular weight is 416 g/mol. The van der Waals surface area contributed by atoms with Crippen molar-refractivity contribution in [1.29, 1.82) is 0 Å². The molecular weight excluding hydrogens is 389 g/mol. The number of anilines is 1. The third-order valence-electron chi connectivity index (χ3n) is 4.60. The van der Waals surface area contributed by atoms with E-state index >= 15 is 0 Å². The lowest BCUT2D eigenvalue weighted by Gasteiger charge is -2.35. The highest BCUT2D eigenvalue weighted by Gasteiger charge is 2.31. The van der Waals surface area contributed by atoms with Gasteiger partial charge in [0.25, 0.3) is 0 Å². The van der Waals surface area contributed by atoms with Gasteiger partial charge in [-0.05, 0) is 30.7 Å². The molecule has 0 atom stereocenters. The predicted octanol–water partition coefficient (Wildman–Crippen LogP) is 3.95. The predicted molar refractivity (Wildman–Crippen MR) is 105 cm³/mol. The molecule has 28 heavy (non-hydrogen) atoms. The number of piperazine rings is 1. The van der Waals surface area contributed by atoms with Crippen LogP contribution in [0.25, 0.3) is 0 Å². The fraction of sp³-hybridized carbons (Fsp3) is 0.550. The maximum Gasteiger partial charge on any atom is 0.416 e. The standard InChI is InChI=1S/C20H26F3N2O2S/c1-2-3-4-5-6-7-8-17-28(26,27)25-15-13-24(14-16-25)19-11-9-18(10-12-19)20(21,22)23/h8-12H,2-5,13-17H2,1H3. The summed E-state index contributed by atoms with van der Waals surface area (Å²) in [4.78, 5) is 1.89. The van der Waals surface area contributed by atoms with Crippen LogP contribution in [0.4, 0.5) is 18.9 Å². The van der Waals surface area contributed by atoms with Crippen LogP contribution in [0.1, 0.15) is 38.2 Å². The van der Waals surface area contributed by atoms with Crippen molar-refractivity contribution in [1.82, 2.24) is 4.31 Å². The summed E-state index contributed by atoms with van der Waals surface area (Å²) in [6.45, 7) is 3.60. The number of nitrogens with zero attached hydrogens (tertiary/aromatic N) is 2. The molecule has 0 bridgehead atoms. The molecule has 1 saturated heterocycles. The number of unbranched alkanes of at least 4 members (excludes halogenated alkanes) is 3. The molecule has 1 aliphatic rings. The Labute approximate surface area is 165 Å². The normalized spacial score (nSPS) is 15.9. The van der Waals surface area contributed by atoms with Crippen LogP contribution in [-0.2, 0) is 16.2 Å². The zero-order valence-corrected chi connectivity index (χ0v) is 16.8. The van der Waals surface area contributed by atoms with E-state index in [2.05, 4.69) is 18.8 Å². The van der Waals surface area contributed by atoms with E-state index in [1.807, 2.05) is 4.90 Å². The van der Waals surface area contributed by atoms with Crippen LogP contribution in [0, 0.1) is 18.3 Å². The Morgan fingerprint density at radius 2 is 1.71 bits per heavy atom. The smallest absolute Gasteiger partial charge is 0.369 e. The van der Waals surface area contributed by atoms with Crippen LogP contribution in [0.3, 0.4) is 0 Å². The van der Waals surface area contributed by atoms with Crippen LogP contribution in [0.2, 0.25) is 0 Å². The number of sulfonamides is 1. The minimum atomic E-state index is -4.36. The van der Waals surface area contributed by atoms with Crippen molar-refractivity contribution >= 4 is 15.7 Å². The molecule has 0 spiro atoms.